The van der Waals surface area contributed by atoms with Crippen LogP contribution in [0.15, 0.2) is 53.7 Å². The number of aliphatic hydroxyl groups excluding tert-OH is 1. The standard InChI is InChI=1S/C24H27F2N5O3S/c1-15(32)23-29-20-13-28-24-19(11-12-30(24)35(33,34)18-5-3-2-4-6-18)22(20)31(23)17-9-7-16(8-10-17)27-14-21(25)26/h2-6,11-13,15-17,21,27,32H,7-10,14H2,1H3/t15-,16?,17?/m1/s1. The minimum absolute atomic E-state index is 0.00567. The van der Waals surface area contributed by atoms with E-state index < -0.39 is 22.6 Å². The number of fused-ring (bicyclic) bond motifs is 3. The zero-order chi connectivity index (χ0) is 24.7. The van der Waals surface area contributed by atoms with Crippen LogP contribution in [0.3, 0.4) is 0 Å². The monoisotopic (exact) mass is 503 g/mol. The molecule has 1 atom stereocenters. The fourth-order valence-electron chi connectivity index (χ4n) is 5.02. The normalized spacial score (nSPS) is 20.1. The van der Waals surface area contributed by atoms with E-state index in [4.69, 9.17) is 0 Å². The maximum atomic E-state index is 13.3. The van der Waals surface area contributed by atoms with Crippen molar-refractivity contribution in [2.75, 3.05) is 6.54 Å². The third-order valence-corrected chi connectivity index (χ3v) is 8.33. The summed E-state index contributed by atoms with van der Waals surface area (Å²) < 4.78 is 54.9. The van der Waals surface area contributed by atoms with Crippen molar-refractivity contribution in [1.29, 1.82) is 0 Å². The van der Waals surface area contributed by atoms with E-state index in [1.165, 1.54) is 28.5 Å². The van der Waals surface area contributed by atoms with Gasteiger partial charge in [0.1, 0.15) is 17.4 Å². The molecule has 35 heavy (non-hydrogen) atoms. The summed E-state index contributed by atoms with van der Waals surface area (Å²) in [5, 5.41) is 14.0. The van der Waals surface area contributed by atoms with Crippen LogP contribution in [-0.4, -0.2) is 51.0 Å². The molecule has 3 aromatic heterocycles. The van der Waals surface area contributed by atoms with Gasteiger partial charge in [0.25, 0.3) is 16.4 Å². The van der Waals surface area contributed by atoms with Crippen molar-refractivity contribution in [2.45, 2.75) is 62.1 Å². The number of benzene rings is 1. The maximum absolute atomic E-state index is 13.3. The van der Waals surface area contributed by atoms with Gasteiger partial charge in [-0.2, -0.15) is 0 Å². The number of aromatic nitrogens is 4. The molecule has 0 unspecified atom stereocenters. The summed E-state index contributed by atoms with van der Waals surface area (Å²) in [6.45, 7) is 1.32. The molecule has 0 bridgehead atoms. The number of nitrogens with zero attached hydrogens (tertiary/aromatic N) is 4. The summed E-state index contributed by atoms with van der Waals surface area (Å²) in [5.74, 6) is 0.483. The fourth-order valence-corrected chi connectivity index (χ4v) is 6.35. The van der Waals surface area contributed by atoms with Gasteiger partial charge >= 0.3 is 0 Å². The van der Waals surface area contributed by atoms with Crippen molar-refractivity contribution in [3.63, 3.8) is 0 Å². The van der Waals surface area contributed by atoms with Crippen molar-refractivity contribution >= 4 is 32.1 Å². The maximum Gasteiger partial charge on any atom is 0.269 e. The third-order valence-electron chi connectivity index (χ3n) is 6.65. The van der Waals surface area contributed by atoms with Gasteiger partial charge in [-0.15, -0.1) is 0 Å². The number of imidazole rings is 1. The molecule has 186 valence electrons. The molecule has 8 nitrogen and oxygen atoms in total. The van der Waals surface area contributed by atoms with Crippen molar-refractivity contribution in [3.8, 4) is 0 Å². The van der Waals surface area contributed by atoms with Gasteiger partial charge in [-0.25, -0.2) is 31.1 Å². The number of halogens is 2. The van der Waals surface area contributed by atoms with Gasteiger partial charge in [-0.3, -0.25) is 0 Å². The molecule has 1 aliphatic carbocycles. The van der Waals surface area contributed by atoms with Gasteiger partial charge in [-0.05, 0) is 50.8 Å². The summed E-state index contributed by atoms with van der Waals surface area (Å²) in [7, 11) is -3.85. The molecule has 1 saturated carbocycles. The first-order valence-electron chi connectivity index (χ1n) is 11.7. The van der Waals surface area contributed by atoms with Crippen LogP contribution in [-0.2, 0) is 10.0 Å². The van der Waals surface area contributed by atoms with E-state index in [1.54, 1.807) is 31.2 Å². The van der Waals surface area contributed by atoms with Gasteiger partial charge in [0.15, 0.2) is 5.65 Å². The Morgan fingerprint density at radius 1 is 1.14 bits per heavy atom. The first-order chi connectivity index (χ1) is 16.8. The Morgan fingerprint density at radius 2 is 1.86 bits per heavy atom. The van der Waals surface area contributed by atoms with E-state index in [0.717, 1.165) is 18.4 Å². The highest BCUT2D eigenvalue weighted by Crippen LogP contribution is 2.37. The lowest BCUT2D eigenvalue weighted by Crippen LogP contribution is -2.36. The predicted octanol–water partition coefficient (Wildman–Crippen LogP) is 4.01. The van der Waals surface area contributed by atoms with Crippen molar-refractivity contribution in [2.24, 2.45) is 0 Å². The van der Waals surface area contributed by atoms with Crippen molar-refractivity contribution in [1.82, 2.24) is 23.8 Å². The van der Waals surface area contributed by atoms with Crippen LogP contribution in [0.1, 0.15) is 50.6 Å². The van der Waals surface area contributed by atoms with Gasteiger partial charge < -0.3 is 15.0 Å². The minimum atomic E-state index is -3.85. The summed E-state index contributed by atoms with van der Waals surface area (Å²) >= 11 is 0. The lowest BCUT2D eigenvalue weighted by Gasteiger charge is -2.31. The predicted molar refractivity (Wildman–Crippen MR) is 128 cm³/mol. The summed E-state index contributed by atoms with van der Waals surface area (Å²) in [6.07, 6.45) is 2.67. The molecule has 11 heteroatoms. The van der Waals surface area contributed by atoms with Crippen LogP contribution in [0.2, 0.25) is 0 Å². The molecular weight excluding hydrogens is 476 g/mol. The van der Waals surface area contributed by atoms with E-state index in [1.807, 2.05) is 4.57 Å². The average Bonchev–Trinajstić information content (AvgIpc) is 3.46. The molecule has 0 amide bonds. The molecule has 4 aromatic rings. The molecule has 1 fully saturated rings. The zero-order valence-corrected chi connectivity index (χ0v) is 20.0. The van der Waals surface area contributed by atoms with Crippen molar-refractivity contribution < 1.29 is 22.3 Å². The van der Waals surface area contributed by atoms with E-state index in [2.05, 4.69) is 15.3 Å². The van der Waals surface area contributed by atoms with Crippen LogP contribution in [0, 0.1) is 0 Å². The Hall–Kier alpha value is -2.89. The quantitative estimate of drug-likeness (QED) is 0.395. The highest BCUT2D eigenvalue weighted by Gasteiger charge is 2.29. The van der Waals surface area contributed by atoms with E-state index >= 15 is 0 Å². The third kappa shape index (κ3) is 4.32. The number of nitrogens with one attached hydrogen (secondary N) is 1. The van der Waals surface area contributed by atoms with E-state index in [0.29, 0.717) is 29.6 Å². The topological polar surface area (TPSA) is 102 Å². The van der Waals surface area contributed by atoms with Gasteiger partial charge in [0, 0.05) is 23.7 Å². The van der Waals surface area contributed by atoms with Gasteiger partial charge in [0.05, 0.1) is 23.2 Å². The van der Waals surface area contributed by atoms with Crippen molar-refractivity contribution in [3.05, 3.63) is 54.6 Å². The average molecular weight is 504 g/mol. The molecule has 2 N–H and O–H groups in total. The first kappa shape index (κ1) is 23.8. The van der Waals surface area contributed by atoms with E-state index in [9.17, 15) is 22.3 Å². The molecule has 0 spiro atoms. The Labute approximate surface area is 201 Å². The Morgan fingerprint density at radius 3 is 2.51 bits per heavy atom. The molecule has 0 saturated heterocycles. The van der Waals surface area contributed by atoms with Crippen LogP contribution >= 0.6 is 0 Å². The van der Waals surface area contributed by atoms with Gasteiger partial charge in [-0.1, -0.05) is 18.2 Å². The van der Waals surface area contributed by atoms with Gasteiger partial charge in [0.2, 0.25) is 0 Å². The van der Waals surface area contributed by atoms with Crippen LogP contribution < -0.4 is 5.32 Å². The minimum Gasteiger partial charge on any atom is -0.385 e. The fraction of sp³-hybridized carbons (Fsp3) is 0.417. The second-order valence-corrected chi connectivity index (χ2v) is 10.8. The summed E-state index contributed by atoms with van der Waals surface area (Å²) in [6, 6.07) is 9.89. The Balaban J connectivity index is 1.58. The number of hydrogen-bond acceptors (Lipinski definition) is 6. The van der Waals surface area contributed by atoms with Crippen LogP contribution in [0.4, 0.5) is 8.78 Å². The van der Waals surface area contributed by atoms with E-state index in [-0.39, 0.29) is 29.2 Å². The number of alkyl halides is 2. The lowest BCUT2D eigenvalue weighted by molar-refractivity contribution is 0.134. The molecule has 1 aromatic carbocycles. The second kappa shape index (κ2) is 9.29. The molecular formula is C24H27F2N5O3S. The van der Waals surface area contributed by atoms with Crippen LogP contribution in [0.25, 0.3) is 22.1 Å². The Kier molecular flexibility index (Phi) is 6.32. The second-order valence-electron chi connectivity index (χ2n) is 8.98. The number of aliphatic hydroxyl groups is 1. The smallest absolute Gasteiger partial charge is 0.269 e. The van der Waals surface area contributed by atoms with Crippen LogP contribution in [0.5, 0.6) is 0 Å². The molecule has 3 heterocycles. The zero-order valence-electron chi connectivity index (χ0n) is 19.2. The molecule has 1 aliphatic rings. The summed E-state index contributed by atoms with van der Waals surface area (Å²) in [4.78, 5) is 9.20. The SMILES string of the molecule is C[C@@H](O)c1nc2cnc3c(ccn3S(=O)(=O)c3ccccc3)c2n1C1CCC(NCC(F)F)CC1. The number of hydrogen-bond donors (Lipinski definition) is 2. The Bertz CT molecular complexity index is 1440. The summed E-state index contributed by atoms with van der Waals surface area (Å²) in [5.41, 5.74) is 1.57. The number of pyridine rings is 1. The molecule has 0 radical (unpaired) electrons. The number of rotatable bonds is 7. The molecule has 0 aliphatic heterocycles. The highest BCUT2D eigenvalue weighted by atomic mass is 32.2. The highest BCUT2D eigenvalue weighted by molar-refractivity contribution is 7.90. The largest absolute Gasteiger partial charge is 0.385 e. The first-order valence-corrected chi connectivity index (χ1v) is 13.1. The molecule has 5 rings (SSSR count). The lowest BCUT2D eigenvalue weighted by atomic mass is 9.90.